The molecule has 0 saturated heterocycles. The van der Waals surface area contributed by atoms with Crippen molar-refractivity contribution in [2.24, 2.45) is 5.16 Å². The van der Waals surface area contributed by atoms with Crippen LogP contribution in [-0.4, -0.2) is 16.7 Å². The third kappa shape index (κ3) is 21.1. The number of ketones is 1. The first kappa shape index (κ1) is 18.5. The second kappa shape index (κ2) is 15.1. The Kier molecular flexibility index (Phi) is 16.5. The lowest BCUT2D eigenvalue weighted by Crippen LogP contribution is -1.89. The molecule has 17 heavy (non-hydrogen) atoms. The largest absolute Gasteiger partial charge is 0.411 e. The minimum atomic E-state index is 0.318. The van der Waals surface area contributed by atoms with Crippen LogP contribution in [0.4, 0.5) is 0 Å². The van der Waals surface area contributed by atoms with E-state index in [2.05, 4.69) is 19.0 Å². The van der Waals surface area contributed by atoms with Gasteiger partial charge in [0, 0.05) is 6.42 Å². The Hall–Kier alpha value is -0.860. The molecule has 0 aromatic carbocycles. The van der Waals surface area contributed by atoms with Gasteiger partial charge in [0.05, 0.1) is 5.71 Å². The number of hydrogen-bond donors (Lipinski definition) is 1. The topological polar surface area (TPSA) is 49.7 Å². The molecule has 0 bridgehead atoms. The zero-order valence-corrected chi connectivity index (χ0v) is 12.0. The molecule has 102 valence electrons. The molecule has 0 atom stereocenters. The van der Waals surface area contributed by atoms with Crippen molar-refractivity contribution in [1.29, 1.82) is 0 Å². The molecule has 3 nitrogen and oxygen atoms in total. The van der Waals surface area contributed by atoms with Gasteiger partial charge in [0.2, 0.25) is 0 Å². The standard InChI is InChI=1S/C7H15NO.C7H14O/c1-3-4-5-6-7(2)8-9;1-3-4-5-6-7(2)8/h9H,3-6H2,1-2H3;3-6H2,1-2H3. The van der Waals surface area contributed by atoms with Crippen LogP contribution in [0.2, 0.25) is 0 Å². The number of carbonyl (C=O) groups is 1. The fourth-order valence-corrected chi connectivity index (χ4v) is 1.30. The van der Waals surface area contributed by atoms with Crippen molar-refractivity contribution in [1.82, 2.24) is 0 Å². The van der Waals surface area contributed by atoms with Crippen molar-refractivity contribution in [2.75, 3.05) is 0 Å². The molecule has 0 aliphatic rings. The van der Waals surface area contributed by atoms with E-state index in [1.807, 2.05) is 6.92 Å². The Morgan fingerprint density at radius 1 is 0.941 bits per heavy atom. The third-order valence-corrected chi connectivity index (χ3v) is 2.45. The molecule has 0 rings (SSSR count). The molecule has 0 spiro atoms. The molecule has 0 aliphatic carbocycles. The number of nitrogens with zero attached hydrogens (tertiary/aromatic N) is 1. The minimum Gasteiger partial charge on any atom is -0.411 e. The molecule has 3 heteroatoms. The maximum absolute atomic E-state index is 10.3. The summed E-state index contributed by atoms with van der Waals surface area (Å²) in [7, 11) is 0. The lowest BCUT2D eigenvalue weighted by molar-refractivity contribution is -0.117. The van der Waals surface area contributed by atoms with Crippen LogP contribution >= 0.6 is 0 Å². The summed E-state index contributed by atoms with van der Waals surface area (Å²) in [5.74, 6) is 0.318. The van der Waals surface area contributed by atoms with Gasteiger partial charge >= 0.3 is 0 Å². The lowest BCUT2D eigenvalue weighted by Gasteiger charge is -1.94. The van der Waals surface area contributed by atoms with Crippen LogP contribution in [0, 0.1) is 0 Å². The normalized spacial score (nSPS) is 10.7. The first-order chi connectivity index (χ1) is 8.08. The second-order valence-electron chi connectivity index (χ2n) is 4.45. The number of carbonyl (C=O) groups excluding carboxylic acids is 1. The van der Waals surface area contributed by atoms with Gasteiger partial charge < -0.3 is 10.0 Å². The molecular formula is C14H29NO2. The highest BCUT2D eigenvalue weighted by Crippen LogP contribution is 1.99. The Morgan fingerprint density at radius 2 is 1.41 bits per heavy atom. The predicted octanol–water partition coefficient (Wildman–Crippen LogP) is 4.57. The summed E-state index contributed by atoms with van der Waals surface area (Å²) in [4.78, 5) is 10.3. The Balaban J connectivity index is 0. The molecule has 0 amide bonds. The quantitative estimate of drug-likeness (QED) is 0.294. The van der Waals surface area contributed by atoms with Crippen LogP contribution in [0.3, 0.4) is 0 Å². The second-order valence-corrected chi connectivity index (χ2v) is 4.45. The van der Waals surface area contributed by atoms with Crippen LogP contribution in [0.5, 0.6) is 0 Å². The summed E-state index contributed by atoms with van der Waals surface area (Å²) in [6.07, 6.45) is 8.77. The smallest absolute Gasteiger partial charge is 0.129 e. The molecule has 0 unspecified atom stereocenters. The SMILES string of the molecule is CCCCCC(C)=NO.CCCCCC(C)=O. The van der Waals surface area contributed by atoms with Crippen LogP contribution < -0.4 is 0 Å². The molecule has 0 saturated carbocycles. The van der Waals surface area contributed by atoms with Crippen molar-refractivity contribution in [3.8, 4) is 0 Å². The van der Waals surface area contributed by atoms with Gasteiger partial charge in [0.25, 0.3) is 0 Å². The van der Waals surface area contributed by atoms with E-state index in [4.69, 9.17) is 5.21 Å². The van der Waals surface area contributed by atoms with Crippen LogP contribution in [0.15, 0.2) is 5.16 Å². The van der Waals surface area contributed by atoms with Crippen LogP contribution in [-0.2, 0) is 4.79 Å². The van der Waals surface area contributed by atoms with Gasteiger partial charge in [0.1, 0.15) is 5.78 Å². The highest BCUT2D eigenvalue weighted by molar-refractivity contribution is 5.81. The average Bonchev–Trinajstić information content (AvgIpc) is 2.30. The lowest BCUT2D eigenvalue weighted by atomic mass is 10.1. The van der Waals surface area contributed by atoms with Gasteiger partial charge in [0.15, 0.2) is 0 Å². The fourth-order valence-electron chi connectivity index (χ4n) is 1.30. The van der Waals surface area contributed by atoms with Crippen molar-refractivity contribution >= 4 is 11.5 Å². The minimum absolute atomic E-state index is 0.318. The summed E-state index contributed by atoms with van der Waals surface area (Å²) in [6.45, 7) is 7.79. The van der Waals surface area contributed by atoms with Gasteiger partial charge in [-0.05, 0) is 33.1 Å². The summed E-state index contributed by atoms with van der Waals surface area (Å²) < 4.78 is 0. The van der Waals surface area contributed by atoms with E-state index in [1.54, 1.807) is 6.92 Å². The molecule has 1 N–H and O–H groups in total. The number of oxime groups is 1. The maximum Gasteiger partial charge on any atom is 0.129 e. The molecule has 0 aromatic rings. The van der Waals surface area contributed by atoms with Gasteiger partial charge in [-0.1, -0.05) is 44.7 Å². The average molecular weight is 243 g/mol. The van der Waals surface area contributed by atoms with E-state index >= 15 is 0 Å². The molecule has 0 aliphatic heterocycles. The predicted molar refractivity (Wildman–Crippen MR) is 73.9 cm³/mol. The summed E-state index contributed by atoms with van der Waals surface area (Å²) >= 11 is 0. The van der Waals surface area contributed by atoms with Crippen molar-refractivity contribution in [2.45, 2.75) is 79.1 Å². The molecular weight excluding hydrogens is 214 g/mol. The summed E-state index contributed by atoms with van der Waals surface area (Å²) in [5, 5.41) is 11.3. The van der Waals surface area contributed by atoms with E-state index < -0.39 is 0 Å². The molecule has 0 heterocycles. The van der Waals surface area contributed by atoms with E-state index in [-0.39, 0.29) is 0 Å². The monoisotopic (exact) mass is 243 g/mol. The van der Waals surface area contributed by atoms with E-state index in [1.165, 1.54) is 25.7 Å². The van der Waals surface area contributed by atoms with Gasteiger partial charge in [-0.2, -0.15) is 0 Å². The van der Waals surface area contributed by atoms with Gasteiger partial charge in [-0.15, -0.1) is 0 Å². The zero-order valence-electron chi connectivity index (χ0n) is 12.0. The third-order valence-electron chi connectivity index (χ3n) is 2.45. The van der Waals surface area contributed by atoms with E-state index in [0.29, 0.717) is 5.78 Å². The van der Waals surface area contributed by atoms with Crippen LogP contribution in [0.1, 0.15) is 79.1 Å². The maximum atomic E-state index is 10.3. The number of Topliss-reactive ketones (excluding diaryl/α,β-unsaturated/α-hetero) is 1. The van der Waals surface area contributed by atoms with Crippen molar-refractivity contribution < 1.29 is 10.0 Å². The Bertz CT molecular complexity index is 200. The first-order valence-corrected chi connectivity index (χ1v) is 6.75. The molecule has 0 radical (unpaired) electrons. The first-order valence-electron chi connectivity index (χ1n) is 6.75. The molecule has 0 aromatic heterocycles. The Labute approximate surface area is 106 Å². The summed E-state index contributed by atoms with van der Waals surface area (Å²) in [6, 6.07) is 0. The molecule has 0 fully saturated rings. The van der Waals surface area contributed by atoms with Gasteiger partial charge in [-0.3, -0.25) is 0 Å². The fraction of sp³-hybridized carbons (Fsp3) is 0.857. The number of hydrogen-bond acceptors (Lipinski definition) is 3. The number of unbranched alkanes of at least 4 members (excludes halogenated alkanes) is 4. The zero-order chi connectivity index (χ0) is 13.5. The van der Waals surface area contributed by atoms with E-state index in [0.717, 1.165) is 31.4 Å². The highest BCUT2D eigenvalue weighted by Gasteiger charge is 1.90. The highest BCUT2D eigenvalue weighted by atomic mass is 16.4. The van der Waals surface area contributed by atoms with Gasteiger partial charge in [-0.25, -0.2) is 0 Å². The van der Waals surface area contributed by atoms with E-state index in [9.17, 15) is 4.79 Å². The summed E-state index contributed by atoms with van der Waals surface area (Å²) in [5.41, 5.74) is 0.837. The number of rotatable bonds is 8. The van der Waals surface area contributed by atoms with Crippen LogP contribution in [0.25, 0.3) is 0 Å². The van der Waals surface area contributed by atoms with Crippen molar-refractivity contribution in [3.05, 3.63) is 0 Å². The Morgan fingerprint density at radius 3 is 1.76 bits per heavy atom. The van der Waals surface area contributed by atoms with Crippen molar-refractivity contribution in [3.63, 3.8) is 0 Å².